The Morgan fingerprint density at radius 1 is 0.913 bits per heavy atom. The first-order valence-corrected chi connectivity index (χ1v) is 8.98. The molecule has 0 aromatic carbocycles. The Morgan fingerprint density at radius 2 is 1.65 bits per heavy atom. The molecule has 0 atom stereocenters. The summed E-state index contributed by atoms with van der Waals surface area (Å²) < 4.78 is 2.27. The van der Waals surface area contributed by atoms with Crippen LogP contribution in [0, 0.1) is 5.92 Å². The van der Waals surface area contributed by atoms with E-state index in [1.165, 1.54) is 44.9 Å². The maximum absolute atomic E-state index is 4.59. The molecule has 4 rings (SSSR count). The summed E-state index contributed by atoms with van der Waals surface area (Å²) in [6.07, 6.45) is 17.1. The van der Waals surface area contributed by atoms with Crippen LogP contribution < -0.4 is 4.90 Å². The Hall–Kier alpha value is -1.91. The molecule has 122 valence electrons. The van der Waals surface area contributed by atoms with Crippen LogP contribution in [0.15, 0.2) is 24.8 Å². The second-order valence-corrected chi connectivity index (χ2v) is 6.87. The molecule has 1 aliphatic heterocycles. The van der Waals surface area contributed by atoms with Gasteiger partial charge in [-0.15, -0.1) is 0 Å². The maximum Gasteiger partial charge on any atom is 0.225 e. The third-order valence-corrected chi connectivity index (χ3v) is 5.18. The van der Waals surface area contributed by atoms with Crippen LogP contribution in [0.1, 0.15) is 44.9 Å². The number of anilines is 1. The van der Waals surface area contributed by atoms with Crippen molar-refractivity contribution in [3.05, 3.63) is 24.8 Å². The van der Waals surface area contributed by atoms with Crippen molar-refractivity contribution in [1.82, 2.24) is 19.5 Å². The van der Waals surface area contributed by atoms with Crippen LogP contribution in [0.3, 0.4) is 0 Å². The summed E-state index contributed by atoms with van der Waals surface area (Å²) in [5.41, 5.74) is 1.02. The lowest BCUT2D eigenvalue weighted by Crippen LogP contribution is -2.30. The van der Waals surface area contributed by atoms with Gasteiger partial charge >= 0.3 is 0 Å². The molecule has 2 aliphatic rings. The van der Waals surface area contributed by atoms with Gasteiger partial charge in [0, 0.05) is 44.4 Å². The van der Waals surface area contributed by atoms with Crippen molar-refractivity contribution in [3.8, 4) is 11.4 Å². The first kappa shape index (κ1) is 14.7. The normalized spacial score (nSPS) is 19.4. The molecule has 0 unspecified atom stereocenters. The Bertz CT molecular complexity index is 621. The predicted octanol–water partition coefficient (Wildman–Crippen LogP) is 3.52. The van der Waals surface area contributed by atoms with E-state index < -0.39 is 0 Å². The minimum atomic E-state index is 0.802. The lowest BCUT2D eigenvalue weighted by Gasteiger charge is -2.26. The first-order valence-electron chi connectivity index (χ1n) is 8.98. The number of hydrogen-bond donors (Lipinski definition) is 0. The van der Waals surface area contributed by atoms with Crippen LogP contribution in [-0.4, -0.2) is 32.6 Å². The highest BCUT2D eigenvalue weighted by atomic mass is 15.2. The number of piperidine rings is 1. The van der Waals surface area contributed by atoms with Gasteiger partial charge in [-0.25, -0.2) is 15.0 Å². The molecular weight excluding hydrogens is 286 g/mol. The fourth-order valence-electron chi connectivity index (χ4n) is 3.88. The molecule has 0 radical (unpaired) electrons. The standard InChI is InChI=1S/C18H25N5/c1-4-9-22(10-5-1)18-20-12-16(13-21-18)17-19-8-11-23(17)14-15-6-2-3-7-15/h8,11-13,15H,1-7,9-10,14H2. The monoisotopic (exact) mass is 311 g/mol. The van der Waals surface area contributed by atoms with Gasteiger partial charge in [-0.3, -0.25) is 0 Å². The summed E-state index contributed by atoms with van der Waals surface area (Å²) in [5, 5.41) is 0. The first-order chi connectivity index (χ1) is 11.4. The molecule has 5 nitrogen and oxygen atoms in total. The second-order valence-electron chi connectivity index (χ2n) is 6.87. The molecule has 1 saturated heterocycles. The van der Waals surface area contributed by atoms with Gasteiger partial charge in [0.1, 0.15) is 5.82 Å². The van der Waals surface area contributed by atoms with Gasteiger partial charge < -0.3 is 9.47 Å². The Morgan fingerprint density at radius 3 is 2.39 bits per heavy atom. The summed E-state index contributed by atoms with van der Waals surface area (Å²) in [6.45, 7) is 3.23. The van der Waals surface area contributed by atoms with Gasteiger partial charge in [0.05, 0.1) is 5.56 Å². The minimum absolute atomic E-state index is 0.802. The molecular formula is C18H25N5. The van der Waals surface area contributed by atoms with Gasteiger partial charge in [0.15, 0.2) is 0 Å². The number of hydrogen-bond acceptors (Lipinski definition) is 4. The van der Waals surface area contributed by atoms with Crippen molar-refractivity contribution in [2.24, 2.45) is 5.92 Å². The van der Waals surface area contributed by atoms with Crippen LogP contribution in [0.2, 0.25) is 0 Å². The van der Waals surface area contributed by atoms with Crippen LogP contribution in [0.4, 0.5) is 5.95 Å². The van der Waals surface area contributed by atoms with Gasteiger partial charge in [-0.05, 0) is 38.0 Å². The smallest absolute Gasteiger partial charge is 0.225 e. The highest BCUT2D eigenvalue weighted by molar-refractivity contribution is 5.54. The molecule has 2 aromatic rings. The summed E-state index contributed by atoms with van der Waals surface area (Å²) >= 11 is 0. The third kappa shape index (κ3) is 3.23. The van der Waals surface area contributed by atoms with E-state index in [1.54, 1.807) is 0 Å². The van der Waals surface area contributed by atoms with Crippen molar-refractivity contribution < 1.29 is 0 Å². The molecule has 0 amide bonds. The predicted molar refractivity (Wildman–Crippen MR) is 91.3 cm³/mol. The molecule has 0 spiro atoms. The number of nitrogens with zero attached hydrogens (tertiary/aromatic N) is 5. The van der Waals surface area contributed by atoms with Crippen LogP contribution in [0.5, 0.6) is 0 Å². The molecule has 2 aromatic heterocycles. The highest BCUT2D eigenvalue weighted by Crippen LogP contribution is 2.28. The van der Waals surface area contributed by atoms with Crippen LogP contribution in [0.25, 0.3) is 11.4 Å². The average molecular weight is 311 g/mol. The van der Waals surface area contributed by atoms with Crippen molar-refractivity contribution in [2.75, 3.05) is 18.0 Å². The third-order valence-electron chi connectivity index (χ3n) is 5.18. The lowest BCUT2D eigenvalue weighted by molar-refractivity contribution is 0.460. The summed E-state index contributed by atoms with van der Waals surface area (Å²) in [5.74, 6) is 2.67. The molecule has 1 saturated carbocycles. The van der Waals surface area contributed by atoms with Gasteiger partial charge in [0.2, 0.25) is 5.95 Å². The van der Waals surface area contributed by atoms with Crippen molar-refractivity contribution in [1.29, 1.82) is 0 Å². The SMILES string of the molecule is c1cn(CC2CCCC2)c(-c2cnc(N3CCCCC3)nc2)n1. The zero-order valence-corrected chi connectivity index (χ0v) is 13.7. The van der Waals surface area contributed by atoms with Gasteiger partial charge in [-0.2, -0.15) is 0 Å². The van der Waals surface area contributed by atoms with E-state index in [-0.39, 0.29) is 0 Å². The lowest BCUT2D eigenvalue weighted by atomic mass is 10.1. The fourth-order valence-corrected chi connectivity index (χ4v) is 3.88. The number of rotatable bonds is 4. The largest absolute Gasteiger partial charge is 0.341 e. The topological polar surface area (TPSA) is 46.8 Å². The Labute approximate surface area is 137 Å². The van der Waals surface area contributed by atoms with Crippen LogP contribution in [-0.2, 0) is 6.54 Å². The van der Waals surface area contributed by atoms with Crippen molar-refractivity contribution in [3.63, 3.8) is 0 Å². The fraction of sp³-hybridized carbons (Fsp3) is 0.611. The van der Waals surface area contributed by atoms with E-state index in [4.69, 9.17) is 0 Å². The molecule has 0 N–H and O–H groups in total. The number of aromatic nitrogens is 4. The summed E-state index contributed by atoms with van der Waals surface area (Å²) in [4.78, 5) is 16.0. The zero-order chi connectivity index (χ0) is 15.5. The highest BCUT2D eigenvalue weighted by Gasteiger charge is 2.18. The zero-order valence-electron chi connectivity index (χ0n) is 13.7. The molecule has 0 bridgehead atoms. The van der Waals surface area contributed by atoms with Crippen molar-refractivity contribution in [2.45, 2.75) is 51.5 Å². The van der Waals surface area contributed by atoms with Gasteiger partial charge in [-0.1, -0.05) is 12.8 Å². The molecule has 2 fully saturated rings. The van der Waals surface area contributed by atoms with E-state index in [1.807, 2.05) is 18.6 Å². The van der Waals surface area contributed by atoms with E-state index in [0.29, 0.717) is 0 Å². The average Bonchev–Trinajstić information content (AvgIpc) is 3.28. The van der Waals surface area contributed by atoms with E-state index in [9.17, 15) is 0 Å². The van der Waals surface area contributed by atoms with Crippen molar-refractivity contribution >= 4 is 5.95 Å². The van der Waals surface area contributed by atoms with E-state index in [0.717, 1.165) is 42.9 Å². The quantitative estimate of drug-likeness (QED) is 0.867. The Kier molecular flexibility index (Phi) is 4.26. The number of imidazole rings is 1. The van der Waals surface area contributed by atoms with E-state index >= 15 is 0 Å². The van der Waals surface area contributed by atoms with Gasteiger partial charge in [0.25, 0.3) is 0 Å². The second kappa shape index (κ2) is 6.69. The molecule has 23 heavy (non-hydrogen) atoms. The van der Waals surface area contributed by atoms with Crippen LogP contribution >= 0.6 is 0 Å². The Balaban J connectivity index is 1.50. The molecule has 5 heteroatoms. The molecule has 1 aliphatic carbocycles. The minimum Gasteiger partial charge on any atom is -0.341 e. The maximum atomic E-state index is 4.59. The summed E-state index contributed by atoms with van der Waals surface area (Å²) in [6, 6.07) is 0. The molecule has 3 heterocycles. The summed E-state index contributed by atoms with van der Waals surface area (Å²) in [7, 11) is 0. The van der Waals surface area contributed by atoms with E-state index in [2.05, 4.69) is 30.6 Å².